The van der Waals surface area contributed by atoms with Crippen LogP contribution in [-0.2, 0) is 11.0 Å². The normalized spacial score (nSPS) is 18.8. The molecule has 5 nitrogen and oxygen atoms in total. The van der Waals surface area contributed by atoms with E-state index in [-0.39, 0.29) is 29.4 Å². The van der Waals surface area contributed by atoms with Gasteiger partial charge in [-0.3, -0.25) is 9.36 Å². The summed E-state index contributed by atoms with van der Waals surface area (Å²) in [5, 5.41) is 9.17. The van der Waals surface area contributed by atoms with E-state index in [0.29, 0.717) is 21.6 Å². The summed E-state index contributed by atoms with van der Waals surface area (Å²) in [5.41, 5.74) is -0.0123. The zero-order chi connectivity index (χ0) is 24.5. The van der Waals surface area contributed by atoms with Crippen molar-refractivity contribution in [2.75, 3.05) is 5.75 Å². The third-order valence-electron chi connectivity index (χ3n) is 5.99. The van der Waals surface area contributed by atoms with Gasteiger partial charge >= 0.3 is 6.18 Å². The Kier molecular flexibility index (Phi) is 7.23. The van der Waals surface area contributed by atoms with Gasteiger partial charge in [-0.15, -0.1) is 10.2 Å². The Labute approximate surface area is 205 Å². The van der Waals surface area contributed by atoms with Crippen molar-refractivity contribution in [2.45, 2.75) is 56.5 Å². The number of thioether (sulfide) groups is 1. The lowest BCUT2D eigenvalue weighted by atomic mass is 9.98. The molecular weight excluding hydrogens is 485 g/mol. The Morgan fingerprint density at radius 2 is 1.79 bits per heavy atom. The molecule has 0 spiro atoms. The third kappa shape index (κ3) is 5.10. The van der Waals surface area contributed by atoms with Gasteiger partial charge in [0.2, 0.25) is 5.91 Å². The van der Waals surface area contributed by atoms with Crippen molar-refractivity contribution < 1.29 is 18.0 Å². The largest absolute Gasteiger partial charge is 0.416 e. The summed E-state index contributed by atoms with van der Waals surface area (Å²) >= 11 is 7.52. The van der Waals surface area contributed by atoms with Crippen LogP contribution in [0, 0.1) is 0 Å². The lowest BCUT2D eigenvalue weighted by Crippen LogP contribution is -2.48. The quantitative estimate of drug-likeness (QED) is 0.370. The molecule has 1 aliphatic heterocycles. The highest BCUT2D eigenvalue weighted by Crippen LogP contribution is 2.35. The summed E-state index contributed by atoms with van der Waals surface area (Å²) < 4.78 is 41.8. The molecule has 2 aromatic carbocycles. The minimum absolute atomic E-state index is 0.0254. The van der Waals surface area contributed by atoms with Crippen molar-refractivity contribution in [2.24, 2.45) is 0 Å². The van der Waals surface area contributed by atoms with E-state index in [0.717, 1.165) is 43.2 Å². The SMILES string of the molecule is CC1CCCC(C)N1C(=O)CSc1nnc(-c2ccccc2Cl)n1-c1cccc(C(F)(F)F)c1. The van der Waals surface area contributed by atoms with Crippen LogP contribution in [0.5, 0.6) is 0 Å². The fourth-order valence-electron chi connectivity index (χ4n) is 4.35. The first kappa shape index (κ1) is 24.6. The molecule has 0 radical (unpaired) electrons. The Hall–Kier alpha value is -2.52. The molecule has 10 heteroatoms. The molecule has 2 unspecified atom stereocenters. The summed E-state index contributed by atoms with van der Waals surface area (Å²) in [6.45, 7) is 4.08. The van der Waals surface area contributed by atoms with Gasteiger partial charge < -0.3 is 4.90 Å². The van der Waals surface area contributed by atoms with Crippen LogP contribution < -0.4 is 0 Å². The lowest BCUT2D eigenvalue weighted by Gasteiger charge is -2.39. The first-order chi connectivity index (χ1) is 16.2. The smallest absolute Gasteiger partial charge is 0.337 e. The number of amides is 1. The number of rotatable bonds is 5. The molecule has 1 fully saturated rings. The van der Waals surface area contributed by atoms with E-state index in [1.165, 1.54) is 10.6 Å². The van der Waals surface area contributed by atoms with E-state index in [1.807, 2.05) is 18.7 Å². The number of nitrogens with zero attached hydrogens (tertiary/aromatic N) is 4. The minimum Gasteiger partial charge on any atom is -0.337 e. The number of halogens is 4. The van der Waals surface area contributed by atoms with Gasteiger partial charge in [-0.2, -0.15) is 13.2 Å². The van der Waals surface area contributed by atoms with Crippen LogP contribution in [0.3, 0.4) is 0 Å². The van der Waals surface area contributed by atoms with Gasteiger partial charge in [0.05, 0.1) is 22.0 Å². The third-order valence-corrected chi connectivity index (χ3v) is 7.23. The molecule has 1 saturated heterocycles. The maximum Gasteiger partial charge on any atom is 0.416 e. The van der Waals surface area contributed by atoms with E-state index in [9.17, 15) is 18.0 Å². The molecule has 1 amide bonds. The van der Waals surface area contributed by atoms with Crippen LogP contribution in [0.2, 0.25) is 5.02 Å². The van der Waals surface area contributed by atoms with E-state index >= 15 is 0 Å². The van der Waals surface area contributed by atoms with E-state index in [1.54, 1.807) is 30.3 Å². The maximum absolute atomic E-state index is 13.4. The summed E-state index contributed by atoms with van der Waals surface area (Å²) in [7, 11) is 0. The topological polar surface area (TPSA) is 51.0 Å². The molecule has 0 N–H and O–H groups in total. The molecule has 180 valence electrons. The first-order valence-corrected chi connectivity index (χ1v) is 12.3. The first-order valence-electron chi connectivity index (χ1n) is 11.0. The molecule has 3 aromatic rings. The van der Waals surface area contributed by atoms with Crippen LogP contribution >= 0.6 is 23.4 Å². The number of carbonyl (C=O) groups is 1. The van der Waals surface area contributed by atoms with Crippen LogP contribution in [0.1, 0.15) is 38.7 Å². The second kappa shape index (κ2) is 10.00. The van der Waals surface area contributed by atoms with Gasteiger partial charge in [0.1, 0.15) is 0 Å². The monoisotopic (exact) mass is 508 g/mol. The molecule has 2 heterocycles. The average molecular weight is 509 g/mol. The lowest BCUT2D eigenvalue weighted by molar-refractivity contribution is -0.137. The molecular formula is C24H24ClF3N4OS. The van der Waals surface area contributed by atoms with E-state index in [4.69, 9.17) is 11.6 Å². The van der Waals surface area contributed by atoms with Crippen molar-refractivity contribution in [3.05, 3.63) is 59.1 Å². The number of likely N-dealkylation sites (tertiary alicyclic amines) is 1. The van der Waals surface area contributed by atoms with Gasteiger partial charge in [0.25, 0.3) is 0 Å². The predicted molar refractivity (Wildman–Crippen MR) is 127 cm³/mol. The summed E-state index contributed by atoms with van der Waals surface area (Å²) in [6, 6.07) is 12.2. The zero-order valence-electron chi connectivity index (χ0n) is 18.7. The van der Waals surface area contributed by atoms with Crippen LogP contribution in [0.25, 0.3) is 17.1 Å². The molecule has 0 saturated carbocycles. The Morgan fingerprint density at radius 1 is 1.09 bits per heavy atom. The number of hydrogen-bond donors (Lipinski definition) is 0. The Balaban J connectivity index is 1.71. The van der Waals surface area contributed by atoms with Crippen molar-refractivity contribution in [1.29, 1.82) is 0 Å². The fourth-order valence-corrected chi connectivity index (χ4v) is 5.39. The average Bonchev–Trinajstić information content (AvgIpc) is 3.21. The van der Waals surface area contributed by atoms with Crippen molar-refractivity contribution in [3.63, 3.8) is 0 Å². The molecule has 4 rings (SSSR count). The van der Waals surface area contributed by atoms with Gasteiger partial charge in [-0.1, -0.05) is 41.6 Å². The van der Waals surface area contributed by atoms with Crippen molar-refractivity contribution >= 4 is 29.3 Å². The second-order valence-corrected chi connectivity index (χ2v) is 9.74. The zero-order valence-corrected chi connectivity index (χ0v) is 20.3. The number of benzene rings is 2. The van der Waals surface area contributed by atoms with E-state index < -0.39 is 11.7 Å². The van der Waals surface area contributed by atoms with Gasteiger partial charge in [-0.25, -0.2) is 0 Å². The van der Waals surface area contributed by atoms with Crippen LogP contribution in [-0.4, -0.2) is 43.4 Å². The molecule has 2 atom stereocenters. The molecule has 1 aromatic heterocycles. The highest BCUT2D eigenvalue weighted by atomic mass is 35.5. The van der Waals surface area contributed by atoms with Crippen LogP contribution in [0.4, 0.5) is 13.2 Å². The van der Waals surface area contributed by atoms with Crippen molar-refractivity contribution in [1.82, 2.24) is 19.7 Å². The Morgan fingerprint density at radius 3 is 2.47 bits per heavy atom. The number of piperidine rings is 1. The molecule has 0 bridgehead atoms. The van der Waals surface area contributed by atoms with Crippen molar-refractivity contribution in [3.8, 4) is 17.1 Å². The summed E-state index contributed by atoms with van der Waals surface area (Å²) in [5.74, 6) is 0.385. The second-order valence-electron chi connectivity index (χ2n) is 8.39. The number of aromatic nitrogens is 3. The maximum atomic E-state index is 13.4. The van der Waals surface area contributed by atoms with Gasteiger partial charge in [0.15, 0.2) is 11.0 Å². The van der Waals surface area contributed by atoms with E-state index in [2.05, 4.69) is 10.2 Å². The molecule has 0 aliphatic carbocycles. The summed E-state index contributed by atoms with van der Waals surface area (Å²) in [4.78, 5) is 14.9. The highest BCUT2D eigenvalue weighted by Gasteiger charge is 2.32. The number of hydrogen-bond acceptors (Lipinski definition) is 4. The number of alkyl halides is 3. The Bertz CT molecular complexity index is 1170. The standard InChI is InChI=1S/C24H24ClF3N4OS/c1-15-7-5-8-16(2)31(15)21(33)14-34-23-30-29-22(19-11-3-4-12-20(19)25)32(23)18-10-6-9-17(13-18)24(26,27)28/h3-4,6,9-13,15-16H,5,7-8,14H2,1-2H3. The van der Waals surface area contributed by atoms with Gasteiger partial charge in [0, 0.05) is 17.6 Å². The number of carbonyl (C=O) groups excluding carboxylic acids is 1. The molecule has 1 aliphatic rings. The predicted octanol–water partition coefficient (Wildman–Crippen LogP) is 6.49. The molecule has 34 heavy (non-hydrogen) atoms. The van der Waals surface area contributed by atoms with Gasteiger partial charge in [-0.05, 0) is 63.4 Å². The summed E-state index contributed by atoms with van der Waals surface area (Å²) in [6.07, 6.45) is -1.50. The fraction of sp³-hybridized carbons (Fsp3) is 0.375. The highest BCUT2D eigenvalue weighted by molar-refractivity contribution is 7.99. The minimum atomic E-state index is -4.50. The van der Waals surface area contributed by atoms with Crippen LogP contribution in [0.15, 0.2) is 53.7 Å².